The second-order valence-corrected chi connectivity index (χ2v) is 5.42. The molecule has 1 rings (SSSR count). The summed E-state index contributed by atoms with van der Waals surface area (Å²) in [7, 11) is 0. The number of carbonyl (C=O) groups excluding carboxylic acids is 1. The van der Waals surface area contributed by atoms with Crippen LogP contribution in [0.1, 0.15) is 19.8 Å². The molecular weight excluding hydrogens is 368 g/mol. The Kier molecular flexibility index (Phi) is 10.6. The van der Waals surface area contributed by atoms with E-state index in [-0.39, 0.29) is 17.2 Å². The third-order valence-corrected chi connectivity index (χ3v) is 3.77. The summed E-state index contributed by atoms with van der Waals surface area (Å²) in [4.78, 5) is 13.3. The van der Waals surface area contributed by atoms with Crippen LogP contribution in [0.4, 0.5) is 0 Å². The summed E-state index contributed by atoms with van der Waals surface area (Å²) in [6.07, 6.45) is 2.16. The third kappa shape index (κ3) is 6.69. The van der Waals surface area contributed by atoms with Gasteiger partial charge in [-0.3, -0.25) is 0 Å². The van der Waals surface area contributed by atoms with Crippen molar-refractivity contribution >= 4 is 31.2 Å². The molecular formula is C11H20N3O2S2Tc+. The first kappa shape index (κ1) is 19.5. The van der Waals surface area contributed by atoms with E-state index in [2.05, 4.69) is 29.8 Å². The van der Waals surface area contributed by atoms with Gasteiger partial charge in [-0.15, -0.1) is 12.3 Å². The average Bonchev–Trinajstić information content (AvgIpc) is 2.39. The van der Waals surface area contributed by atoms with E-state index in [1.807, 2.05) is 0 Å². The Hall–Kier alpha value is 0.539. The first-order chi connectivity index (χ1) is 9.01. The number of hydrogen-bond donors (Lipinski definition) is 1. The van der Waals surface area contributed by atoms with Crippen LogP contribution in [0, 0.1) is 0 Å². The Morgan fingerprint density at radius 3 is 2.47 bits per heavy atom. The number of nitrogens with zero attached hydrogens (tertiary/aromatic N) is 2. The quantitative estimate of drug-likeness (QED) is 0.621. The van der Waals surface area contributed by atoms with E-state index in [1.165, 1.54) is 0 Å². The van der Waals surface area contributed by atoms with Crippen LogP contribution < -0.4 is 5.73 Å². The molecule has 1 amide bonds. The van der Waals surface area contributed by atoms with Gasteiger partial charge < -0.3 is 46.0 Å². The van der Waals surface area contributed by atoms with Gasteiger partial charge in [0.05, 0.1) is 0 Å². The molecule has 1 fully saturated rings. The summed E-state index contributed by atoms with van der Waals surface area (Å²) in [5.41, 5.74) is 6.05. The van der Waals surface area contributed by atoms with Gasteiger partial charge in [0.1, 0.15) is 0 Å². The van der Waals surface area contributed by atoms with Gasteiger partial charge in [0, 0.05) is 17.5 Å². The molecule has 0 radical (unpaired) electrons. The molecule has 0 aromatic carbocycles. The molecule has 109 valence electrons. The standard InChI is InChI=1S/C11H23N3OS2.O.Tc/c1-11(12)3-2-9(11)14(6-7-16)5-4-13-10(15)8-17;;/h9H,2-8,12H2,1H3,(H3,13,15,16,17);;/q;;+4/p-3/t9?,11-;;/m0../s1. The molecule has 8 heteroatoms. The molecule has 1 aliphatic carbocycles. The molecule has 1 saturated carbocycles. The van der Waals surface area contributed by atoms with Crippen molar-refractivity contribution in [2.75, 3.05) is 31.1 Å². The zero-order chi connectivity index (χ0) is 14.9. The van der Waals surface area contributed by atoms with E-state index < -0.39 is 0 Å². The molecule has 0 aromatic rings. The van der Waals surface area contributed by atoms with Crippen LogP contribution in [0.3, 0.4) is 0 Å². The number of amides is 1. The van der Waals surface area contributed by atoms with Crippen LogP contribution in [0.15, 0.2) is 0 Å². The van der Waals surface area contributed by atoms with E-state index in [1.54, 1.807) is 0 Å². The maximum atomic E-state index is 11.0. The normalized spacial score (nSPS) is 25.3. The fourth-order valence-corrected chi connectivity index (χ4v) is 2.54. The van der Waals surface area contributed by atoms with Crippen molar-refractivity contribution in [2.45, 2.75) is 31.3 Å². The summed E-state index contributed by atoms with van der Waals surface area (Å²) in [5.74, 6) is 0.545. The van der Waals surface area contributed by atoms with Crippen molar-refractivity contribution in [3.63, 3.8) is 0 Å². The second-order valence-electron chi connectivity index (χ2n) is 4.72. The van der Waals surface area contributed by atoms with Gasteiger partial charge in [0.2, 0.25) is 0 Å². The van der Waals surface area contributed by atoms with Crippen molar-refractivity contribution < 1.29 is 27.2 Å². The van der Waals surface area contributed by atoms with Crippen molar-refractivity contribution in [1.29, 1.82) is 0 Å². The molecule has 0 heterocycles. The molecule has 0 bridgehead atoms. The van der Waals surface area contributed by atoms with Crippen molar-refractivity contribution in [3.05, 3.63) is 5.32 Å². The van der Waals surface area contributed by atoms with Crippen molar-refractivity contribution in [3.8, 4) is 0 Å². The number of hydrogen-bond acceptors (Lipinski definition) is 6. The topological polar surface area (TPSA) is 77.5 Å². The van der Waals surface area contributed by atoms with E-state index in [0.29, 0.717) is 18.3 Å². The maximum absolute atomic E-state index is 11.0. The van der Waals surface area contributed by atoms with Gasteiger partial charge in [-0.25, -0.2) is 0 Å². The van der Waals surface area contributed by atoms with Crippen LogP contribution in [0.2, 0.25) is 0 Å². The molecule has 0 saturated heterocycles. The van der Waals surface area contributed by atoms with Crippen LogP contribution >= 0.6 is 0 Å². The first-order valence-corrected chi connectivity index (χ1v) is 7.97. The third-order valence-electron chi connectivity index (χ3n) is 3.34. The van der Waals surface area contributed by atoms with Crippen molar-refractivity contribution in [1.82, 2.24) is 4.90 Å². The van der Waals surface area contributed by atoms with Crippen LogP contribution in [0.25, 0.3) is 5.32 Å². The minimum absolute atomic E-state index is 0.0685. The van der Waals surface area contributed by atoms with E-state index in [9.17, 15) is 4.79 Å². The Labute approximate surface area is 136 Å². The number of nitrogens with two attached hydrogens (primary N) is 1. The van der Waals surface area contributed by atoms with Crippen LogP contribution in [-0.4, -0.2) is 53.5 Å². The molecule has 5 nitrogen and oxygen atoms in total. The van der Waals surface area contributed by atoms with Gasteiger partial charge >= 0.3 is 22.4 Å². The Morgan fingerprint density at radius 2 is 2.11 bits per heavy atom. The molecule has 2 N–H and O–H groups in total. The zero-order valence-corrected chi connectivity index (χ0v) is 14.5. The van der Waals surface area contributed by atoms with Gasteiger partial charge in [-0.05, 0) is 32.9 Å². The molecule has 1 unspecified atom stereocenters. The van der Waals surface area contributed by atoms with Crippen LogP contribution in [-0.2, 0) is 52.4 Å². The molecule has 2 atom stereocenters. The second kappa shape index (κ2) is 10.3. The predicted octanol–water partition coefficient (Wildman–Crippen LogP) is 0.0410. The molecule has 1 aliphatic rings. The number of carbonyl (C=O) groups is 1. The zero-order valence-electron chi connectivity index (χ0n) is 11.0. The van der Waals surface area contributed by atoms with Gasteiger partial charge in [0.15, 0.2) is 0 Å². The molecule has 19 heavy (non-hydrogen) atoms. The number of rotatable bonds is 7. The fourth-order valence-electron chi connectivity index (χ4n) is 2.22. The first-order valence-electron chi connectivity index (χ1n) is 6.06. The van der Waals surface area contributed by atoms with Gasteiger partial charge in [-0.2, -0.15) is 5.75 Å². The Balaban J connectivity index is 0.00000154. The summed E-state index contributed by atoms with van der Waals surface area (Å²) in [6.45, 7) is 4.15. The van der Waals surface area contributed by atoms with Crippen molar-refractivity contribution in [2.24, 2.45) is 5.73 Å². The molecule has 0 aliphatic heterocycles. The van der Waals surface area contributed by atoms with E-state index in [0.717, 1.165) is 44.8 Å². The molecule has 0 aromatic heterocycles. The Morgan fingerprint density at radius 1 is 1.47 bits per heavy atom. The Bertz CT molecular complexity index is 283. The fraction of sp³-hybridized carbons (Fsp3) is 0.909. The SMILES string of the molecule is C[C@]1(N)CCC1N(CC[S-])CC[N-]C(=O)C[S-].[O]=[Tc+4]. The summed E-state index contributed by atoms with van der Waals surface area (Å²) in [5, 5.41) is 3.89. The summed E-state index contributed by atoms with van der Waals surface area (Å²) < 4.78 is 8.22. The van der Waals surface area contributed by atoms with Crippen LogP contribution in [0.5, 0.6) is 0 Å². The van der Waals surface area contributed by atoms with Gasteiger partial charge in [-0.1, -0.05) is 0 Å². The summed E-state index contributed by atoms with van der Waals surface area (Å²) in [6, 6.07) is 0.374. The van der Waals surface area contributed by atoms with Gasteiger partial charge in [0.25, 0.3) is 0 Å². The monoisotopic (exact) mass is 387 g/mol. The molecule has 0 spiro atoms. The average molecular weight is 388 g/mol. The van der Waals surface area contributed by atoms with E-state index >= 15 is 0 Å². The van der Waals surface area contributed by atoms with E-state index in [4.69, 9.17) is 21.9 Å². The minimum atomic E-state index is -0.206. The summed E-state index contributed by atoms with van der Waals surface area (Å²) >= 11 is 10.6. The predicted molar refractivity (Wildman–Crippen MR) is 75.6 cm³/mol.